The van der Waals surface area contributed by atoms with E-state index in [1.807, 2.05) is 18.2 Å². The molecule has 0 unspecified atom stereocenters. The summed E-state index contributed by atoms with van der Waals surface area (Å²) in [6.07, 6.45) is 3.36. The molecule has 0 aliphatic carbocycles. The van der Waals surface area contributed by atoms with Crippen molar-refractivity contribution >= 4 is 30.5 Å². The molecule has 20 heavy (non-hydrogen) atoms. The SMILES string of the molecule is CCCCCOc1ccc2cc(S(=O)(=O)Cl)ccc2c1. The van der Waals surface area contributed by atoms with Crippen LogP contribution >= 0.6 is 10.7 Å². The Bertz CT molecular complexity index is 695. The van der Waals surface area contributed by atoms with Crippen molar-refractivity contribution in [1.29, 1.82) is 0 Å². The molecule has 0 spiro atoms. The van der Waals surface area contributed by atoms with Gasteiger partial charge < -0.3 is 4.74 Å². The number of fused-ring (bicyclic) bond motifs is 1. The lowest BCUT2D eigenvalue weighted by atomic mass is 10.1. The molecule has 0 aromatic heterocycles. The van der Waals surface area contributed by atoms with Gasteiger partial charge in [0.1, 0.15) is 5.75 Å². The molecular formula is C15H17ClO3S. The number of ether oxygens (including phenoxy) is 1. The lowest BCUT2D eigenvalue weighted by Crippen LogP contribution is -1.97. The van der Waals surface area contributed by atoms with Gasteiger partial charge in [-0.15, -0.1) is 0 Å². The van der Waals surface area contributed by atoms with Crippen molar-refractivity contribution in [3.63, 3.8) is 0 Å². The average Bonchev–Trinajstić information content (AvgIpc) is 2.42. The van der Waals surface area contributed by atoms with E-state index in [4.69, 9.17) is 15.4 Å². The van der Waals surface area contributed by atoms with Crippen LogP contribution in [-0.4, -0.2) is 15.0 Å². The molecule has 2 aromatic carbocycles. The summed E-state index contributed by atoms with van der Waals surface area (Å²) in [5.41, 5.74) is 0. The molecule has 5 heteroatoms. The van der Waals surface area contributed by atoms with Crippen LogP contribution in [0, 0.1) is 0 Å². The van der Waals surface area contributed by atoms with E-state index in [1.54, 1.807) is 12.1 Å². The normalized spacial score (nSPS) is 11.7. The van der Waals surface area contributed by atoms with Crippen molar-refractivity contribution in [2.45, 2.75) is 31.1 Å². The third kappa shape index (κ3) is 3.87. The predicted octanol–water partition coefficient (Wildman–Crippen LogP) is 4.34. The Balaban J connectivity index is 2.19. The maximum absolute atomic E-state index is 11.3. The number of unbranched alkanes of at least 4 members (excludes halogenated alkanes) is 2. The smallest absolute Gasteiger partial charge is 0.261 e. The van der Waals surface area contributed by atoms with E-state index in [-0.39, 0.29) is 4.90 Å². The minimum atomic E-state index is -3.68. The van der Waals surface area contributed by atoms with Crippen LogP contribution in [0.4, 0.5) is 0 Å². The fourth-order valence-corrected chi connectivity index (χ4v) is 2.77. The Morgan fingerprint density at radius 2 is 1.75 bits per heavy atom. The van der Waals surface area contributed by atoms with Gasteiger partial charge in [0.05, 0.1) is 11.5 Å². The fraction of sp³-hybridized carbons (Fsp3) is 0.333. The van der Waals surface area contributed by atoms with Crippen LogP contribution in [0.25, 0.3) is 10.8 Å². The highest BCUT2D eigenvalue weighted by Gasteiger charge is 2.10. The van der Waals surface area contributed by atoms with Gasteiger partial charge in [0.2, 0.25) is 0 Å². The molecule has 0 N–H and O–H groups in total. The van der Waals surface area contributed by atoms with Gasteiger partial charge in [0, 0.05) is 10.7 Å². The van der Waals surface area contributed by atoms with E-state index >= 15 is 0 Å². The molecule has 0 atom stereocenters. The van der Waals surface area contributed by atoms with Gasteiger partial charge in [-0.1, -0.05) is 31.9 Å². The van der Waals surface area contributed by atoms with Crippen LogP contribution in [0.15, 0.2) is 41.3 Å². The summed E-state index contributed by atoms with van der Waals surface area (Å²) in [7, 11) is 1.65. The van der Waals surface area contributed by atoms with Gasteiger partial charge in [0.15, 0.2) is 0 Å². The Hall–Kier alpha value is -1.26. The van der Waals surface area contributed by atoms with Crippen molar-refractivity contribution < 1.29 is 13.2 Å². The second-order valence-corrected chi connectivity index (χ2v) is 7.23. The molecule has 0 aliphatic rings. The molecule has 0 saturated heterocycles. The molecule has 0 saturated carbocycles. The minimum Gasteiger partial charge on any atom is -0.494 e. The summed E-state index contributed by atoms with van der Waals surface area (Å²) in [5, 5.41) is 1.76. The highest BCUT2D eigenvalue weighted by atomic mass is 35.7. The molecule has 2 aromatic rings. The zero-order valence-electron chi connectivity index (χ0n) is 11.3. The number of hydrogen-bond donors (Lipinski definition) is 0. The van der Waals surface area contributed by atoms with Crippen molar-refractivity contribution in [3.8, 4) is 5.75 Å². The second-order valence-electron chi connectivity index (χ2n) is 4.66. The zero-order valence-corrected chi connectivity index (χ0v) is 12.9. The average molecular weight is 313 g/mol. The Labute approximate surface area is 123 Å². The van der Waals surface area contributed by atoms with Gasteiger partial charge in [-0.25, -0.2) is 8.42 Å². The molecule has 0 fully saturated rings. The number of benzene rings is 2. The van der Waals surface area contributed by atoms with Gasteiger partial charge in [0.25, 0.3) is 9.05 Å². The van der Waals surface area contributed by atoms with Crippen molar-refractivity contribution in [3.05, 3.63) is 36.4 Å². The third-order valence-corrected chi connectivity index (χ3v) is 4.43. The topological polar surface area (TPSA) is 43.4 Å². The summed E-state index contributed by atoms with van der Waals surface area (Å²) in [6.45, 7) is 2.85. The summed E-state index contributed by atoms with van der Waals surface area (Å²) in [5.74, 6) is 0.801. The number of rotatable bonds is 6. The summed E-state index contributed by atoms with van der Waals surface area (Å²) in [6, 6.07) is 10.4. The Morgan fingerprint density at radius 3 is 2.45 bits per heavy atom. The molecule has 3 nitrogen and oxygen atoms in total. The maximum atomic E-state index is 11.3. The van der Waals surface area contributed by atoms with Crippen LogP contribution in [0.3, 0.4) is 0 Å². The van der Waals surface area contributed by atoms with E-state index in [0.29, 0.717) is 6.61 Å². The zero-order chi connectivity index (χ0) is 14.6. The fourth-order valence-electron chi connectivity index (χ4n) is 1.99. The van der Waals surface area contributed by atoms with Crippen molar-refractivity contribution in [2.75, 3.05) is 6.61 Å². The van der Waals surface area contributed by atoms with E-state index in [0.717, 1.165) is 35.8 Å². The highest BCUT2D eigenvalue weighted by molar-refractivity contribution is 8.13. The molecule has 108 valence electrons. The molecule has 0 bridgehead atoms. The summed E-state index contributed by atoms with van der Waals surface area (Å²) >= 11 is 0. The van der Waals surface area contributed by atoms with Gasteiger partial charge in [-0.3, -0.25) is 0 Å². The minimum absolute atomic E-state index is 0.114. The van der Waals surface area contributed by atoms with Crippen LogP contribution in [0.5, 0.6) is 5.75 Å². The Morgan fingerprint density at radius 1 is 1.05 bits per heavy atom. The third-order valence-electron chi connectivity index (χ3n) is 3.08. The second kappa shape index (κ2) is 6.46. The first-order chi connectivity index (χ1) is 9.50. The van der Waals surface area contributed by atoms with Crippen molar-refractivity contribution in [1.82, 2.24) is 0 Å². The largest absolute Gasteiger partial charge is 0.494 e. The van der Waals surface area contributed by atoms with Gasteiger partial charge in [-0.2, -0.15) is 0 Å². The quantitative estimate of drug-likeness (QED) is 0.589. The monoisotopic (exact) mass is 312 g/mol. The van der Waals surface area contributed by atoms with Crippen LogP contribution < -0.4 is 4.74 Å². The van der Waals surface area contributed by atoms with E-state index in [2.05, 4.69) is 6.92 Å². The van der Waals surface area contributed by atoms with Crippen molar-refractivity contribution in [2.24, 2.45) is 0 Å². The van der Waals surface area contributed by atoms with Gasteiger partial charge in [-0.05, 0) is 41.5 Å². The summed E-state index contributed by atoms with van der Waals surface area (Å²) in [4.78, 5) is 0.114. The van der Waals surface area contributed by atoms with Gasteiger partial charge >= 0.3 is 0 Å². The molecule has 0 radical (unpaired) electrons. The van der Waals surface area contributed by atoms with Crippen LogP contribution in [0.1, 0.15) is 26.2 Å². The predicted molar refractivity (Wildman–Crippen MR) is 82.0 cm³/mol. The molecule has 0 aliphatic heterocycles. The number of hydrogen-bond acceptors (Lipinski definition) is 3. The first kappa shape index (κ1) is 15.1. The van der Waals surface area contributed by atoms with E-state index in [1.165, 1.54) is 6.07 Å². The van der Waals surface area contributed by atoms with E-state index in [9.17, 15) is 8.42 Å². The number of halogens is 1. The maximum Gasteiger partial charge on any atom is 0.261 e. The van der Waals surface area contributed by atoms with E-state index < -0.39 is 9.05 Å². The molecule has 2 rings (SSSR count). The lowest BCUT2D eigenvalue weighted by Gasteiger charge is -2.07. The summed E-state index contributed by atoms with van der Waals surface area (Å²) < 4.78 is 28.2. The molecular weight excluding hydrogens is 296 g/mol. The highest BCUT2D eigenvalue weighted by Crippen LogP contribution is 2.25. The molecule has 0 amide bonds. The van der Waals surface area contributed by atoms with Crippen LogP contribution in [0.2, 0.25) is 0 Å². The first-order valence-electron chi connectivity index (χ1n) is 6.62. The standard InChI is InChI=1S/C15H17ClO3S/c1-2-3-4-9-19-14-7-5-13-11-15(20(16,17)18)8-6-12(13)10-14/h5-8,10-11H,2-4,9H2,1H3. The Kier molecular flexibility index (Phi) is 4.89. The molecule has 0 heterocycles. The first-order valence-corrected chi connectivity index (χ1v) is 8.93. The van der Waals surface area contributed by atoms with Crippen LogP contribution in [-0.2, 0) is 9.05 Å². The lowest BCUT2D eigenvalue weighted by molar-refractivity contribution is 0.306.